The average molecular weight is 513 g/mol. The maximum absolute atomic E-state index is 11.4. The molecular formula is C29H41ClN2O2Si. The van der Waals surface area contributed by atoms with Crippen molar-refractivity contribution in [2.75, 3.05) is 19.6 Å². The van der Waals surface area contributed by atoms with Crippen molar-refractivity contribution in [3.05, 3.63) is 64.3 Å². The van der Waals surface area contributed by atoms with Crippen molar-refractivity contribution in [3.8, 4) is 5.69 Å². The summed E-state index contributed by atoms with van der Waals surface area (Å²) in [6, 6.07) is 14.5. The minimum absolute atomic E-state index is 0.170. The van der Waals surface area contributed by atoms with Gasteiger partial charge < -0.3 is 19.0 Å². The highest BCUT2D eigenvalue weighted by molar-refractivity contribution is 6.74. The number of likely N-dealkylation sites (tertiary alicyclic amines) is 1. The first-order valence-electron chi connectivity index (χ1n) is 12.9. The Kier molecular flexibility index (Phi) is 7.84. The van der Waals surface area contributed by atoms with Crippen LogP contribution in [0.4, 0.5) is 0 Å². The molecule has 2 aromatic carbocycles. The van der Waals surface area contributed by atoms with E-state index in [9.17, 15) is 5.11 Å². The van der Waals surface area contributed by atoms with Crippen molar-refractivity contribution in [2.24, 2.45) is 0 Å². The van der Waals surface area contributed by atoms with Gasteiger partial charge in [0.15, 0.2) is 8.32 Å². The van der Waals surface area contributed by atoms with Gasteiger partial charge in [0.25, 0.3) is 0 Å². The number of nitrogens with zero attached hydrogens (tertiary/aromatic N) is 2. The fraction of sp³-hybridized carbons (Fsp3) is 0.517. The second-order valence-corrected chi connectivity index (χ2v) is 16.8. The van der Waals surface area contributed by atoms with Crippen LogP contribution < -0.4 is 0 Å². The van der Waals surface area contributed by atoms with Crippen molar-refractivity contribution in [3.63, 3.8) is 0 Å². The lowest BCUT2D eigenvalue weighted by Crippen LogP contribution is -2.40. The van der Waals surface area contributed by atoms with E-state index in [0.29, 0.717) is 13.2 Å². The highest BCUT2D eigenvalue weighted by atomic mass is 35.5. The molecule has 1 aliphatic rings. The summed E-state index contributed by atoms with van der Waals surface area (Å²) in [5, 5.41) is 13.4. The van der Waals surface area contributed by atoms with Crippen molar-refractivity contribution in [1.82, 2.24) is 9.47 Å². The molecule has 4 rings (SSSR count). The van der Waals surface area contributed by atoms with E-state index >= 15 is 0 Å². The molecule has 1 atom stereocenters. The van der Waals surface area contributed by atoms with Crippen LogP contribution in [0.5, 0.6) is 0 Å². The van der Waals surface area contributed by atoms with Crippen LogP contribution in [0.15, 0.2) is 42.5 Å². The van der Waals surface area contributed by atoms with Gasteiger partial charge in [-0.1, -0.05) is 50.9 Å². The summed E-state index contributed by atoms with van der Waals surface area (Å²) in [5.74, 6) is 0. The molecule has 0 spiro atoms. The number of aliphatic hydroxyl groups excluding tert-OH is 1. The molecule has 6 heteroatoms. The Morgan fingerprint density at radius 2 is 1.69 bits per heavy atom. The molecule has 4 nitrogen and oxygen atoms in total. The van der Waals surface area contributed by atoms with Crippen LogP contribution in [0.2, 0.25) is 23.2 Å². The number of piperidine rings is 1. The van der Waals surface area contributed by atoms with E-state index in [1.54, 1.807) is 0 Å². The number of hydrogen-bond acceptors (Lipinski definition) is 3. The van der Waals surface area contributed by atoms with Crippen LogP contribution in [0.25, 0.3) is 16.6 Å². The lowest BCUT2D eigenvalue weighted by Gasteiger charge is -2.36. The number of β-amino-alcohol motifs (C(OH)–C–C–N with tert-alkyl or cyclic N) is 1. The number of rotatable bonds is 7. The maximum Gasteiger partial charge on any atom is 0.192 e. The molecule has 1 N–H and O–H groups in total. The summed E-state index contributed by atoms with van der Waals surface area (Å²) in [7, 11) is -1.85. The first-order chi connectivity index (χ1) is 16.5. The Labute approximate surface area is 217 Å². The molecule has 0 aliphatic carbocycles. The molecule has 3 aromatic rings. The van der Waals surface area contributed by atoms with Crippen LogP contribution in [0, 0.1) is 6.92 Å². The highest BCUT2D eigenvalue weighted by Crippen LogP contribution is 2.38. The van der Waals surface area contributed by atoms with E-state index in [1.165, 1.54) is 19.3 Å². The molecular weight excluding hydrogens is 472 g/mol. The third-order valence-corrected chi connectivity index (χ3v) is 12.8. The van der Waals surface area contributed by atoms with Gasteiger partial charge in [-0.25, -0.2) is 0 Å². The first kappa shape index (κ1) is 26.4. The average Bonchev–Trinajstić information content (AvgIpc) is 3.09. The highest BCUT2D eigenvalue weighted by Gasteiger charge is 2.37. The monoisotopic (exact) mass is 512 g/mol. The second-order valence-electron chi connectivity index (χ2n) is 11.6. The smallest absolute Gasteiger partial charge is 0.192 e. The minimum Gasteiger partial charge on any atom is -0.413 e. The lowest BCUT2D eigenvalue weighted by atomic mass is 10.0. The van der Waals surface area contributed by atoms with Gasteiger partial charge in [-0.05, 0) is 86.9 Å². The predicted molar refractivity (Wildman–Crippen MR) is 150 cm³/mol. The van der Waals surface area contributed by atoms with E-state index in [4.69, 9.17) is 16.0 Å². The van der Waals surface area contributed by atoms with E-state index in [2.05, 4.69) is 68.5 Å². The SMILES string of the molecule is Cc1c(C(O)CN2CCCCC2)c2ccc(CO[Si](C)(C)C(C)(C)C)cc2n1-c1ccc(Cl)cc1. The molecule has 1 saturated heterocycles. The van der Waals surface area contributed by atoms with E-state index < -0.39 is 14.4 Å². The number of benzene rings is 2. The number of aromatic nitrogens is 1. The molecule has 1 unspecified atom stereocenters. The predicted octanol–water partition coefficient (Wildman–Crippen LogP) is 7.63. The van der Waals surface area contributed by atoms with E-state index in [-0.39, 0.29) is 5.04 Å². The third-order valence-electron chi connectivity index (χ3n) is 8.02. The third kappa shape index (κ3) is 5.70. The van der Waals surface area contributed by atoms with Crippen LogP contribution in [-0.2, 0) is 11.0 Å². The Balaban J connectivity index is 1.74. The summed E-state index contributed by atoms with van der Waals surface area (Å²) in [6.45, 7) is 16.9. The number of hydrogen-bond donors (Lipinski definition) is 1. The van der Waals surface area contributed by atoms with Gasteiger partial charge in [-0.3, -0.25) is 0 Å². The van der Waals surface area contributed by atoms with Gasteiger partial charge in [-0.2, -0.15) is 0 Å². The quantitative estimate of drug-likeness (QED) is 0.330. The topological polar surface area (TPSA) is 37.6 Å². The van der Waals surface area contributed by atoms with Crippen LogP contribution >= 0.6 is 11.6 Å². The summed E-state index contributed by atoms with van der Waals surface area (Å²) in [6.07, 6.45) is 3.20. The summed E-state index contributed by atoms with van der Waals surface area (Å²) >= 11 is 6.20. The van der Waals surface area contributed by atoms with Gasteiger partial charge in [-0.15, -0.1) is 0 Å². The number of aliphatic hydroxyl groups is 1. The number of halogens is 1. The fourth-order valence-corrected chi connectivity index (χ4v) is 5.96. The summed E-state index contributed by atoms with van der Waals surface area (Å²) in [5.41, 5.74) is 5.42. The Hall–Kier alpha value is -1.63. The minimum atomic E-state index is -1.85. The van der Waals surface area contributed by atoms with Crippen molar-refractivity contribution >= 4 is 30.8 Å². The van der Waals surface area contributed by atoms with Gasteiger partial charge in [0, 0.05) is 33.9 Å². The molecule has 35 heavy (non-hydrogen) atoms. The van der Waals surface area contributed by atoms with Gasteiger partial charge in [0.2, 0.25) is 0 Å². The zero-order valence-electron chi connectivity index (χ0n) is 22.2. The lowest BCUT2D eigenvalue weighted by molar-refractivity contribution is 0.102. The van der Waals surface area contributed by atoms with Crippen LogP contribution in [0.3, 0.4) is 0 Å². The molecule has 0 saturated carbocycles. The zero-order valence-corrected chi connectivity index (χ0v) is 24.0. The van der Waals surface area contributed by atoms with E-state index in [0.717, 1.165) is 51.5 Å². The molecule has 1 aromatic heterocycles. The Morgan fingerprint density at radius 1 is 1.03 bits per heavy atom. The Morgan fingerprint density at radius 3 is 2.31 bits per heavy atom. The fourth-order valence-electron chi connectivity index (χ4n) is 4.88. The van der Waals surface area contributed by atoms with Crippen LogP contribution in [0.1, 0.15) is 63.0 Å². The van der Waals surface area contributed by atoms with Crippen molar-refractivity contribution in [1.29, 1.82) is 0 Å². The zero-order chi connectivity index (χ0) is 25.4. The van der Waals surface area contributed by atoms with E-state index in [1.807, 2.05) is 24.3 Å². The molecule has 0 radical (unpaired) electrons. The van der Waals surface area contributed by atoms with Crippen LogP contribution in [-0.4, -0.2) is 42.5 Å². The molecule has 1 fully saturated rings. The first-order valence-corrected chi connectivity index (χ1v) is 16.2. The molecule has 190 valence electrons. The largest absolute Gasteiger partial charge is 0.413 e. The normalized spacial score (nSPS) is 16.7. The summed E-state index contributed by atoms with van der Waals surface area (Å²) in [4.78, 5) is 2.40. The molecule has 1 aliphatic heterocycles. The van der Waals surface area contributed by atoms with Gasteiger partial charge in [0.1, 0.15) is 0 Å². The summed E-state index contributed by atoms with van der Waals surface area (Å²) < 4.78 is 8.79. The van der Waals surface area contributed by atoms with Gasteiger partial charge >= 0.3 is 0 Å². The standard InChI is InChI=1S/C29H41ClN2O2Si/c1-21-28(27(33)19-31-16-8-7-9-17-31)25-15-10-22(20-34-35(5,6)29(2,3)4)18-26(25)32(21)24-13-11-23(30)12-14-24/h10-15,18,27,33H,7-9,16-17,19-20H2,1-6H3. The van der Waals surface area contributed by atoms with Crippen molar-refractivity contribution < 1.29 is 9.53 Å². The number of fused-ring (bicyclic) bond motifs is 1. The Bertz CT molecular complexity index is 1160. The molecule has 2 heterocycles. The molecule has 0 amide bonds. The second kappa shape index (κ2) is 10.4. The van der Waals surface area contributed by atoms with Crippen molar-refractivity contribution in [2.45, 2.75) is 77.8 Å². The maximum atomic E-state index is 11.4. The molecule has 0 bridgehead atoms. The van der Waals surface area contributed by atoms with Gasteiger partial charge in [0.05, 0.1) is 18.2 Å².